The van der Waals surface area contributed by atoms with Gasteiger partial charge in [-0.1, -0.05) is 24.3 Å². The minimum absolute atomic E-state index is 0.265. The zero-order valence-electron chi connectivity index (χ0n) is 11.9. The molecule has 0 spiro atoms. The smallest absolute Gasteiger partial charge is 0.312 e. The third-order valence-electron chi connectivity index (χ3n) is 3.81. The van der Waals surface area contributed by atoms with Gasteiger partial charge in [-0.25, -0.2) is 4.39 Å². The highest BCUT2D eigenvalue weighted by atomic mass is 19.1. The van der Waals surface area contributed by atoms with Gasteiger partial charge in [-0.3, -0.25) is 19.3 Å². The van der Waals surface area contributed by atoms with Crippen LogP contribution in [0.4, 0.5) is 4.39 Å². The molecule has 0 bridgehead atoms. The molecule has 5 nitrogen and oxygen atoms in total. The molecular weight excluding hydrogens is 301 g/mol. The van der Waals surface area contributed by atoms with Crippen LogP contribution >= 0.6 is 0 Å². The number of carbonyl (C=O) groups is 3. The second kappa shape index (κ2) is 5.64. The molecule has 116 valence electrons. The van der Waals surface area contributed by atoms with Crippen molar-refractivity contribution >= 4 is 17.8 Å². The quantitative estimate of drug-likeness (QED) is 0.879. The van der Waals surface area contributed by atoms with Gasteiger partial charge in [-0.2, -0.15) is 0 Å². The molecule has 3 rings (SSSR count). The van der Waals surface area contributed by atoms with E-state index >= 15 is 0 Å². The zero-order chi connectivity index (χ0) is 16.6. The number of hydrogen-bond acceptors (Lipinski definition) is 3. The number of rotatable bonds is 4. The lowest BCUT2D eigenvalue weighted by Gasteiger charge is -2.19. The molecule has 0 unspecified atom stereocenters. The number of carbonyl (C=O) groups excluding carboxylic acids is 2. The second-order valence-electron chi connectivity index (χ2n) is 5.21. The molecule has 6 heteroatoms. The fourth-order valence-corrected chi connectivity index (χ4v) is 2.61. The van der Waals surface area contributed by atoms with Crippen molar-refractivity contribution in [3.05, 3.63) is 71.0 Å². The van der Waals surface area contributed by atoms with Crippen LogP contribution in [0.25, 0.3) is 0 Å². The van der Waals surface area contributed by atoms with Crippen molar-refractivity contribution in [2.24, 2.45) is 0 Å². The lowest BCUT2D eigenvalue weighted by Crippen LogP contribution is -2.36. The van der Waals surface area contributed by atoms with Gasteiger partial charge in [0.05, 0.1) is 17.0 Å². The number of carboxylic acid groups (broad SMARTS) is 1. The first kappa shape index (κ1) is 14.9. The van der Waals surface area contributed by atoms with Crippen LogP contribution < -0.4 is 0 Å². The molecule has 0 fully saturated rings. The summed E-state index contributed by atoms with van der Waals surface area (Å²) in [5.41, 5.74) is 0.858. The number of fused-ring (bicyclic) bond motifs is 1. The summed E-state index contributed by atoms with van der Waals surface area (Å²) in [4.78, 5) is 37.0. The molecule has 2 aromatic carbocycles. The van der Waals surface area contributed by atoms with Crippen molar-refractivity contribution in [3.63, 3.8) is 0 Å². The molecular formula is C17H12FNO4. The molecule has 0 radical (unpaired) electrons. The normalized spacial score (nSPS) is 14.7. The van der Waals surface area contributed by atoms with Crippen molar-refractivity contribution in [1.82, 2.24) is 4.90 Å². The van der Waals surface area contributed by atoms with Gasteiger partial charge in [0, 0.05) is 6.54 Å². The minimum Gasteiger partial charge on any atom is -0.481 e. The Labute approximate surface area is 131 Å². The Morgan fingerprint density at radius 1 is 1.00 bits per heavy atom. The molecule has 2 amide bonds. The zero-order valence-corrected chi connectivity index (χ0v) is 11.9. The number of amides is 2. The van der Waals surface area contributed by atoms with Crippen molar-refractivity contribution in [3.8, 4) is 0 Å². The number of imide groups is 1. The lowest BCUT2D eigenvalue weighted by molar-refractivity contribution is -0.138. The average Bonchev–Trinajstić information content (AvgIpc) is 2.78. The molecule has 1 aliphatic heterocycles. The molecule has 1 atom stereocenters. The fourth-order valence-electron chi connectivity index (χ4n) is 2.61. The first-order chi connectivity index (χ1) is 11.0. The van der Waals surface area contributed by atoms with E-state index in [0.717, 1.165) is 17.0 Å². The van der Waals surface area contributed by atoms with Crippen LogP contribution in [-0.2, 0) is 4.79 Å². The van der Waals surface area contributed by atoms with Crippen LogP contribution in [0.1, 0.15) is 32.2 Å². The Morgan fingerprint density at radius 2 is 1.52 bits per heavy atom. The van der Waals surface area contributed by atoms with Crippen LogP contribution in [-0.4, -0.2) is 34.3 Å². The molecule has 2 aromatic rings. The van der Waals surface area contributed by atoms with Crippen molar-refractivity contribution in [1.29, 1.82) is 0 Å². The summed E-state index contributed by atoms with van der Waals surface area (Å²) in [5.74, 6) is -3.82. The Morgan fingerprint density at radius 3 is 2.00 bits per heavy atom. The SMILES string of the molecule is O=C(O)[C@H](CN1C(=O)c2ccccc2C1=O)c1ccc(F)cc1. The molecule has 0 saturated heterocycles. The van der Waals surface area contributed by atoms with E-state index in [9.17, 15) is 23.9 Å². The van der Waals surface area contributed by atoms with Gasteiger partial charge in [0.15, 0.2) is 0 Å². The summed E-state index contributed by atoms with van der Waals surface area (Å²) in [6.07, 6.45) is 0. The molecule has 1 heterocycles. The first-order valence-electron chi connectivity index (χ1n) is 6.92. The molecule has 0 aromatic heterocycles. The number of benzene rings is 2. The van der Waals surface area contributed by atoms with E-state index in [0.29, 0.717) is 5.56 Å². The molecule has 0 saturated carbocycles. The lowest BCUT2D eigenvalue weighted by atomic mass is 9.98. The first-order valence-corrected chi connectivity index (χ1v) is 6.92. The van der Waals surface area contributed by atoms with E-state index in [1.54, 1.807) is 12.1 Å². The van der Waals surface area contributed by atoms with Crippen LogP contribution in [0.15, 0.2) is 48.5 Å². The van der Waals surface area contributed by atoms with Gasteiger partial charge >= 0.3 is 5.97 Å². The van der Waals surface area contributed by atoms with E-state index in [4.69, 9.17) is 0 Å². The summed E-state index contributed by atoms with van der Waals surface area (Å²) in [7, 11) is 0. The Hall–Kier alpha value is -3.02. The maximum Gasteiger partial charge on any atom is 0.312 e. The number of nitrogens with zero attached hydrogens (tertiary/aromatic N) is 1. The van der Waals surface area contributed by atoms with E-state index in [-0.39, 0.29) is 17.7 Å². The van der Waals surface area contributed by atoms with Crippen LogP contribution in [0.2, 0.25) is 0 Å². The predicted octanol–water partition coefficient (Wildman–Crippen LogP) is 2.29. The molecule has 0 aliphatic carbocycles. The predicted molar refractivity (Wildman–Crippen MR) is 78.6 cm³/mol. The maximum atomic E-state index is 13.0. The number of halogens is 1. The van der Waals surface area contributed by atoms with Crippen LogP contribution in [0.3, 0.4) is 0 Å². The molecule has 23 heavy (non-hydrogen) atoms. The van der Waals surface area contributed by atoms with Gasteiger partial charge in [0.2, 0.25) is 0 Å². The highest BCUT2D eigenvalue weighted by Crippen LogP contribution is 2.26. The Kier molecular flexibility index (Phi) is 3.65. The largest absolute Gasteiger partial charge is 0.481 e. The van der Waals surface area contributed by atoms with Gasteiger partial charge < -0.3 is 5.11 Å². The summed E-state index contributed by atoms with van der Waals surface area (Å²) in [6, 6.07) is 11.3. The van der Waals surface area contributed by atoms with Crippen LogP contribution in [0.5, 0.6) is 0 Å². The summed E-state index contributed by atoms with van der Waals surface area (Å²) < 4.78 is 13.0. The number of carboxylic acids is 1. The van der Waals surface area contributed by atoms with Crippen molar-refractivity contribution in [2.75, 3.05) is 6.54 Å². The van der Waals surface area contributed by atoms with Gasteiger partial charge in [-0.05, 0) is 29.8 Å². The highest BCUT2D eigenvalue weighted by molar-refractivity contribution is 6.21. The molecule has 1 aliphatic rings. The Balaban J connectivity index is 1.90. The van der Waals surface area contributed by atoms with Gasteiger partial charge in [-0.15, -0.1) is 0 Å². The minimum atomic E-state index is -1.19. The third-order valence-corrected chi connectivity index (χ3v) is 3.81. The van der Waals surface area contributed by atoms with E-state index < -0.39 is 29.5 Å². The number of aliphatic carboxylic acids is 1. The van der Waals surface area contributed by atoms with Gasteiger partial charge in [0.1, 0.15) is 5.82 Å². The van der Waals surface area contributed by atoms with Crippen molar-refractivity contribution < 1.29 is 23.9 Å². The summed E-state index contributed by atoms with van der Waals surface area (Å²) in [5, 5.41) is 9.40. The van der Waals surface area contributed by atoms with E-state index in [2.05, 4.69) is 0 Å². The molecule has 1 N–H and O–H groups in total. The summed E-state index contributed by atoms with van der Waals surface area (Å²) >= 11 is 0. The monoisotopic (exact) mass is 313 g/mol. The van der Waals surface area contributed by atoms with E-state index in [1.807, 2.05) is 0 Å². The van der Waals surface area contributed by atoms with Gasteiger partial charge in [0.25, 0.3) is 11.8 Å². The number of hydrogen-bond donors (Lipinski definition) is 1. The topological polar surface area (TPSA) is 74.7 Å². The fraction of sp³-hybridized carbons (Fsp3) is 0.118. The Bertz CT molecular complexity index is 765. The standard InChI is InChI=1S/C17H12FNO4/c18-11-7-5-10(6-8-11)14(17(22)23)9-19-15(20)12-3-1-2-4-13(12)16(19)21/h1-8,14H,9H2,(H,22,23)/t14-/m1/s1. The second-order valence-corrected chi connectivity index (χ2v) is 5.21. The average molecular weight is 313 g/mol. The van der Waals surface area contributed by atoms with E-state index in [1.165, 1.54) is 24.3 Å². The highest BCUT2D eigenvalue weighted by Gasteiger charge is 2.38. The van der Waals surface area contributed by atoms with Crippen LogP contribution in [0, 0.1) is 5.82 Å². The van der Waals surface area contributed by atoms with Crippen molar-refractivity contribution in [2.45, 2.75) is 5.92 Å². The maximum absolute atomic E-state index is 13.0. The summed E-state index contributed by atoms with van der Waals surface area (Å²) in [6.45, 7) is -0.298. The third kappa shape index (κ3) is 2.59.